The van der Waals surface area contributed by atoms with E-state index in [1.807, 2.05) is 24.3 Å². The van der Waals surface area contributed by atoms with Gasteiger partial charge in [-0.2, -0.15) is 0 Å². The van der Waals surface area contributed by atoms with Crippen LogP contribution in [0, 0.1) is 0 Å². The minimum Gasteiger partial charge on any atom is -0.480 e. The molecule has 1 aliphatic carbocycles. The van der Waals surface area contributed by atoms with Gasteiger partial charge in [0.25, 0.3) is 0 Å². The van der Waals surface area contributed by atoms with Crippen LogP contribution in [0.15, 0.2) is 53.4 Å². The smallest absolute Gasteiger partial charge is 0.324 e. The van der Waals surface area contributed by atoms with E-state index in [4.69, 9.17) is 0 Å². The lowest BCUT2D eigenvalue weighted by molar-refractivity contribution is -0.144. The number of carboxylic acids is 1. The minimum absolute atomic E-state index is 0.184. The van der Waals surface area contributed by atoms with Crippen LogP contribution >= 0.6 is 0 Å². The number of benzene rings is 2. The zero-order valence-corrected chi connectivity index (χ0v) is 14.1. The van der Waals surface area contributed by atoms with Gasteiger partial charge in [0, 0.05) is 25.6 Å². The van der Waals surface area contributed by atoms with Gasteiger partial charge in [0.15, 0.2) is 9.84 Å². The highest BCUT2D eigenvalue weighted by molar-refractivity contribution is 7.90. The van der Waals surface area contributed by atoms with Crippen LogP contribution in [-0.2, 0) is 34.0 Å². The summed E-state index contributed by atoms with van der Waals surface area (Å²) in [5.74, 6) is -0.921. The highest BCUT2D eigenvalue weighted by Gasteiger charge is 2.43. The first-order chi connectivity index (χ1) is 11.3. The first-order valence-corrected chi connectivity index (χ1v) is 9.54. The van der Waals surface area contributed by atoms with Crippen molar-refractivity contribution < 1.29 is 18.3 Å². The Labute approximate surface area is 141 Å². The van der Waals surface area contributed by atoms with Gasteiger partial charge >= 0.3 is 5.97 Å². The number of hydrogen-bond donors (Lipinski definition) is 2. The van der Waals surface area contributed by atoms with E-state index in [9.17, 15) is 18.3 Å². The van der Waals surface area contributed by atoms with Crippen LogP contribution < -0.4 is 5.32 Å². The van der Waals surface area contributed by atoms with Gasteiger partial charge in [-0.25, -0.2) is 8.42 Å². The Morgan fingerprint density at radius 2 is 1.62 bits per heavy atom. The van der Waals surface area contributed by atoms with Gasteiger partial charge < -0.3 is 5.11 Å². The number of rotatable bonds is 5. The third-order valence-electron chi connectivity index (χ3n) is 4.50. The molecule has 126 valence electrons. The first kappa shape index (κ1) is 16.7. The van der Waals surface area contributed by atoms with E-state index in [0.717, 1.165) is 17.4 Å². The molecule has 3 rings (SSSR count). The first-order valence-electron chi connectivity index (χ1n) is 7.65. The van der Waals surface area contributed by atoms with E-state index >= 15 is 0 Å². The highest BCUT2D eigenvalue weighted by atomic mass is 32.2. The quantitative estimate of drug-likeness (QED) is 0.863. The van der Waals surface area contributed by atoms with E-state index in [1.165, 1.54) is 0 Å². The van der Waals surface area contributed by atoms with Crippen LogP contribution in [0.4, 0.5) is 0 Å². The van der Waals surface area contributed by atoms with Crippen molar-refractivity contribution in [1.82, 2.24) is 5.32 Å². The van der Waals surface area contributed by atoms with E-state index < -0.39 is 21.3 Å². The Hall–Kier alpha value is -2.18. The summed E-state index contributed by atoms with van der Waals surface area (Å²) >= 11 is 0. The number of fused-ring (bicyclic) bond motifs is 1. The van der Waals surface area contributed by atoms with Gasteiger partial charge in [-0.1, -0.05) is 42.5 Å². The molecule has 5 nitrogen and oxygen atoms in total. The summed E-state index contributed by atoms with van der Waals surface area (Å²) in [4.78, 5) is 12.1. The van der Waals surface area contributed by atoms with Crippen LogP contribution in [0.3, 0.4) is 0 Å². The van der Waals surface area contributed by atoms with E-state index in [-0.39, 0.29) is 11.4 Å². The predicted octanol–water partition coefficient (Wildman–Crippen LogP) is 1.80. The molecular formula is C18H19NO4S. The standard InChI is InChI=1S/C18H19NO4S/c1-24(22,23)16-9-5-4-8-15(16)12-19-18(17(20)21)10-13-6-2-3-7-14(13)11-18/h2-9,19H,10-12H2,1H3,(H,20,21). The van der Waals surface area contributed by atoms with Gasteiger partial charge in [0.2, 0.25) is 0 Å². The highest BCUT2D eigenvalue weighted by Crippen LogP contribution is 2.31. The third-order valence-corrected chi connectivity index (χ3v) is 5.70. The summed E-state index contributed by atoms with van der Waals surface area (Å²) in [5, 5.41) is 12.9. The van der Waals surface area contributed by atoms with Gasteiger partial charge in [0.05, 0.1) is 4.90 Å². The van der Waals surface area contributed by atoms with Crippen LogP contribution in [-0.4, -0.2) is 31.3 Å². The molecule has 2 aromatic rings. The SMILES string of the molecule is CS(=O)(=O)c1ccccc1CNC1(C(=O)O)Cc2ccccc2C1. The molecule has 2 N–H and O–H groups in total. The average molecular weight is 345 g/mol. The molecule has 0 spiro atoms. The summed E-state index contributed by atoms with van der Waals surface area (Å²) in [5.41, 5.74) is 1.51. The maximum absolute atomic E-state index is 11.9. The molecule has 0 aliphatic heterocycles. The van der Waals surface area contributed by atoms with E-state index in [1.54, 1.807) is 24.3 Å². The summed E-state index contributed by atoms with van der Waals surface area (Å²) in [6.07, 6.45) is 1.93. The normalized spacial score (nSPS) is 15.9. The lowest BCUT2D eigenvalue weighted by Gasteiger charge is -2.26. The fourth-order valence-electron chi connectivity index (χ4n) is 3.24. The zero-order chi connectivity index (χ0) is 17.4. The van der Waals surface area contributed by atoms with Gasteiger partial charge in [-0.3, -0.25) is 10.1 Å². The fraction of sp³-hybridized carbons (Fsp3) is 0.278. The second-order valence-corrected chi connectivity index (χ2v) is 8.23. The van der Waals surface area contributed by atoms with E-state index in [0.29, 0.717) is 18.4 Å². The van der Waals surface area contributed by atoms with Crippen molar-refractivity contribution in [3.8, 4) is 0 Å². The van der Waals surface area contributed by atoms with Gasteiger partial charge in [0.1, 0.15) is 5.54 Å². The second kappa shape index (κ2) is 6.03. The molecule has 0 radical (unpaired) electrons. The molecule has 0 heterocycles. The molecule has 1 aliphatic rings. The van der Waals surface area contributed by atoms with Crippen molar-refractivity contribution in [3.63, 3.8) is 0 Å². The maximum atomic E-state index is 11.9. The van der Waals surface area contributed by atoms with Crippen LogP contribution in [0.2, 0.25) is 0 Å². The Kier molecular flexibility index (Phi) is 4.19. The van der Waals surface area contributed by atoms with Crippen molar-refractivity contribution >= 4 is 15.8 Å². The van der Waals surface area contributed by atoms with Gasteiger partial charge in [-0.15, -0.1) is 0 Å². The number of nitrogens with one attached hydrogen (secondary N) is 1. The minimum atomic E-state index is -3.36. The topological polar surface area (TPSA) is 83.5 Å². The molecule has 6 heteroatoms. The second-order valence-electron chi connectivity index (χ2n) is 6.24. The molecule has 0 unspecified atom stereocenters. The van der Waals surface area contributed by atoms with Crippen molar-refractivity contribution in [2.45, 2.75) is 29.8 Å². The van der Waals surface area contributed by atoms with E-state index in [2.05, 4.69) is 5.32 Å². The molecule has 0 amide bonds. The Morgan fingerprint density at radius 1 is 1.08 bits per heavy atom. The lowest BCUT2D eigenvalue weighted by Crippen LogP contribution is -2.52. The molecule has 0 fully saturated rings. The molecule has 0 atom stereocenters. The Balaban J connectivity index is 1.87. The van der Waals surface area contributed by atoms with Crippen molar-refractivity contribution in [3.05, 3.63) is 65.2 Å². The summed E-state index contributed by atoms with van der Waals surface area (Å²) < 4.78 is 23.8. The maximum Gasteiger partial charge on any atom is 0.324 e. The third kappa shape index (κ3) is 3.07. The molecule has 0 saturated carbocycles. The molecule has 0 aromatic heterocycles. The number of hydrogen-bond acceptors (Lipinski definition) is 4. The molecule has 0 saturated heterocycles. The van der Waals surface area contributed by atoms with Gasteiger partial charge in [-0.05, 0) is 22.8 Å². The number of sulfone groups is 1. The lowest BCUT2D eigenvalue weighted by atomic mass is 9.95. The summed E-state index contributed by atoms with van der Waals surface area (Å²) in [6, 6.07) is 14.3. The fourth-order valence-corrected chi connectivity index (χ4v) is 4.19. The molecule has 2 aromatic carbocycles. The summed E-state index contributed by atoms with van der Waals surface area (Å²) in [7, 11) is -3.36. The van der Waals surface area contributed by atoms with Crippen LogP contribution in [0.1, 0.15) is 16.7 Å². The monoisotopic (exact) mass is 345 g/mol. The Bertz CT molecular complexity index is 864. The van der Waals surface area contributed by atoms with Crippen LogP contribution in [0.25, 0.3) is 0 Å². The Morgan fingerprint density at radius 3 is 2.17 bits per heavy atom. The molecular weight excluding hydrogens is 326 g/mol. The van der Waals surface area contributed by atoms with Crippen LogP contribution in [0.5, 0.6) is 0 Å². The average Bonchev–Trinajstić information content (AvgIpc) is 2.92. The molecule has 24 heavy (non-hydrogen) atoms. The van der Waals surface area contributed by atoms with Crippen molar-refractivity contribution in [2.75, 3.05) is 6.26 Å². The predicted molar refractivity (Wildman–Crippen MR) is 90.6 cm³/mol. The summed E-state index contributed by atoms with van der Waals surface area (Å²) in [6.45, 7) is 0.184. The van der Waals surface area contributed by atoms with Crippen molar-refractivity contribution in [1.29, 1.82) is 0 Å². The van der Waals surface area contributed by atoms with Crippen molar-refractivity contribution in [2.24, 2.45) is 0 Å². The number of aliphatic carboxylic acids is 1. The largest absolute Gasteiger partial charge is 0.480 e. The number of carbonyl (C=O) groups is 1. The molecule has 0 bridgehead atoms. The zero-order valence-electron chi connectivity index (χ0n) is 13.3. The number of carboxylic acid groups (broad SMARTS) is 1.